The van der Waals surface area contributed by atoms with Crippen LogP contribution in [-0.4, -0.2) is 85.5 Å². The van der Waals surface area contributed by atoms with Crippen LogP contribution in [0.4, 0.5) is 8.78 Å². The summed E-state index contributed by atoms with van der Waals surface area (Å²) in [6.07, 6.45) is 1.67. The van der Waals surface area contributed by atoms with Gasteiger partial charge in [0.25, 0.3) is 0 Å². The van der Waals surface area contributed by atoms with E-state index < -0.39 is 42.6 Å². The number of hydrogen-bond acceptors (Lipinski definition) is 10. The molecule has 12 nitrogen and oxygen atoms in total. The molecule has 0 bridgehead atoms. The zero-order valence-electron chi connectivity index (χ0n) is 22.0. The van der Waals surface area contributed by atoms with E-state index in [4.69, 9.17) is 37.8 Å². The Labute approximate surface area is 237 Å². The van der Waals surface area contributed by atoms with Gasteiger partial charge in [0, 0.05) is 5.92 Å². The second-order valence-corrected chi connectivity index (χ2v) is 10.9. The van der Waals surface area contributed by atoms with Gasteiger partial charge in [-0.1, -0.05) is 37.0 Å². The first kappa shape index (κ1) is 28.9. The van der Waals surface area contributed by atoms with Gasteiger partial charge in [-0.3, -0.25) is 9.13 Å². The number of ether oxygens (including phenoxy) is 2. The fraction of sp³-hybridized carbons (Fsp3) is 0.583. The van der Waals surface area contributed by atoms with E-state index in [1.807, 2.05) is 13.8 Å². The molecule has 2 unspecified atom stereocenters. The fourth-order valence-electron chi connectivity index (χ4n) is 5.15. The summed E-state index contributed by atoms with van der Waals surface area (Å²) >= 11 is 11.9. The van der Waals surface area contributed by atoms with E-state index in [1.165, 1.54) is 36.8 Å². The van der Waals surface area contributed by atoms with E-state index in [9.17, 15) is 9.50 Å². The molecule has 6 heterocycles. The van der Waals surface area contributed by atoms with Gasteiger partial charge in [-0.15, -0.1) is 0 Å². The smallest absolute Gasteiger partial charge is 0.181 e. The Hall–Kier alpha value is -2.62. The molecule has 16 heteroatoms. The molecule has 2 aliphatic heterocycles. The first-order valence-corrected chi connectivity index (χ1v) is 13.3. The number of rotatable bonds is 4. The highest BCUT2D eigenvalue weighted by Gasteiger charge is 2.55. The van der Waals surface area contributed by atoms with Crippen LogP contribution in [0, 0.1) is 5.92 Å². The Morgan fingerprint density at radius 2 is 1.32 bits per heavy atom. The molecule has 2 aliphatic rings. The fourth-order valence-corrected chi connectivity index (χ4v) is 5.50. The number of aromatic nitrogens is 8. The Kier molecular flexibility index (Phi) is 7.70. The van der Waals surface area contributed by atoms with E-state index in [-0.39, 0.29) is 22.3 Å². The largest absolute Gasteiger partial charge is 0.394 e. The van der Waals surface area contributed by atoms with Gasteiger partial charge >= 0.3 is 0 Å². The van der Waals surface area contributed by atoms with E-state index in [2.05, 4.69) is 29.9 Å². The number of halogens is 4. The third kappa shape index (κ3) is 4.60. The molecule has 2 fully saturated rings. The van der Waals surface area contributed by atoms with Gasteiger partial charge < -0.3 is 19.7 Å². The molecule has 4 aromatic heterocycles. The zero-order chi connectivity index (χ0) is 29.0. The molecule has 6 rings (SSSR count). The molecule has 0 amide bonds. The lowest BCUT2D eigenvalue weighted by atomic mass is 9.88. The maximum absolute atomic E-state index is 15.0. The number of aliphatic hydroxyl groups is 2. The molecule has 8 atom stereocenters. The average Bonchev–Trinajstić information content (AvgIpc) is 3.65. The van der Waals surface area contributed by atoms with Gasteiger partial charge in [-0.05, 0) is 20.3 Å². The standard InChI is InChI=1S/C13H16ClFN4O.C11H12ClFN4O3/c1-4-8-7(2)13(3,15)12(20-8)19-6-18-9-10(14)16-5-17-11(9)19;1-11(13)7(19)5(2-18)20-10(11)17-4-16-6-8(12)14-3-15-9(6)17/h5-8,12H,4H2,1-3H3;3-5,7,10,18-19H,2H2,1H3/t7?,8-,12-,13-;5-,7?,10-,11-/m11/s1. The van der Waals surface area contributed by atoms with Gasteiger partial charge in [0.15, 0.2) is 45.4 Å². The van der Waals surface area contributed by atoms with E-state index in [0.29, 0.717) is 22.3 Å². The first-order valence-electron chi connectivity index (χ1n) is 12.6. The van der Waals surface area contributed by atoms with Gasteiger partial charge in [0.05, 0.1) is 25.4 Å². The number of aliphatic hydroxyl groups excluding tert-OH is 2. The molecule has 2 saturated heterocycles. The number of alkyl halides is 2. The number of nitrogens with zero attached hydrogens (tertiary/aromatic N) is 8. The molecule has 0 radical (unpaired) electrons. The highest BCUT2D eigenvalue weighted by molar-refractivity contribution is 6.33. The maximum Gasteiger partial charge on any atom is 0.181 e. The van der Waals surface area contributed by atoms with Crippen LogP contribution in [0.25, 0.3) is 22.3 Å². The maximum atomic E-state index is 15.0. The lowest BCUT2D eigenvalue weighted by molar-refractivity contribution is -0.0566. The van der Waals surface area contributed by atoms with Crippen molar-refractivity contribution in [3.8, 4) is 0 Å². The Bertz CT molecular complexity index is 1410. The minimum Gasteiger partial charge on any atom is -0.394 e. The van der Waals surface area contributed by atoms with Crippen LogP contribution in [-0.2, 0) is 9.47 Å². The summed E-state index contributed by atoms with van der Waals surface area (Å²) in [5.41, 5.74) is -2.03. The van der Waals surface area contributed by atoms with Crippen LogP contribution in [0.2, 0.25) is 10.3 Å². The van der Waals surface area contributed by atoms with E-state index >= 15 is 4.39 Å². The monoisotopic (exact) mass is 600 g/mol. The van der Waals surface area contributed by atoms with Crippen molar-refractivity contribution >= 4 is 45.5 Å². The van der Waals surface area contributed by atoms with Crippen LogP contribution >= 0.6 is 23.2 Å². The number of hydrogen-bond donors (Lipinski definition) is 2. The molecule has 40 heavy (non-hydrogen) atoms. The summed E-state index contributed by atoms with van der Waals surface area (Å²) in [7, 11) is 0. The SMILES string of the molecule is CC[C@H]1O[C@@H](n2cnc3c(Cl)ncnc32)[C@](C)(F)C1C.C[C@@]1(F)C(O)[C@@H](CO)O[C@H]1n1cnc2c(Cl)ncnc21. The van der Waals surface area contributed by atoms with E-state index in [1.54, 1.807) is 11.5 Å². The van der Waals surface area contributed by atoms with Gasteiger partial charge in [0.2, 0.25) is 0 Å². The highest BCUT2D eigenvalue weighted by Crippen LogP contribution is 2.47. The van der Waals surface area contributed by atoms with Crippen molar-refractivity contribution in [2.24, 2.45) is 5.92 Å². The van der Waals surface area contributed by atoms with Gasteiger partial charge in [-0.25, -0.2) is 38.7 Å². The molecular formula is C24H28Cl2F2N8O4. The summed E-state index contributed by atoms with van der Waals surface area (Å²) in [5.74, 6) is -0.202. The predicted molar refractivity (Wildman–Crippen MR) is 140 cm³/mol. The number of fused-ring (bicyclic) bond motifs is 2. The Morgan fingerprint density at radius 1 is 0.850 bits per heavy atom. The molecule has 0 spiro atoms. The normalized spacial score (nSPS) is 34.0. The minimum absolute atomic E-state index is 0.121. The average molecular weight is 601 g/mol. The summed E-state index contributed by atoms with van der Waals surface area (Å²) in [5, 5.41) is 19.4. The van der Waals surface area contributed by atoms with Crippen molar-refractivity contribution in [2.75, 3.05) is 6.61 Å². The molecule has 0 aromatic carbocycles. The van der Waals surface area contributed by atoms with Crippen LogP contribution in [0.3, 0.4) is 0 Å². The van der Waals surface area contributed by atoms with Crippen LogP contribution in [0.1, 0.15) is 46.6 Å². The molecule has 4 aromatic rings. The predicted octanol–water partition coefficient (Wildman–Crippen LogP) is 3.61. The Morgan fingerprint density at radius 3 is 1.75 bits per heavy atom. The van der Waals surface area contributed by atoms with Gasteiger partial charge in [0.1, 0.15) is 35.9 Å². The van der Waals surface area contributed by atoms with Gasteiger partial charge in [-0.2, -0.15) is 0 Å². The van der Waals surface area contributed by atoms with Crippen LogP contribution in [0.15, 0.2) is 25.3 Å². The second kappa shape index (κ2) is 10.7. The molecular weight excluding hydrogens is 573 g/mol. The highest BCUT2D eigenvalue weighted by atomic mass is 35.5. The molecule has 0 saturated carbocycles. The van der Waals surface area contributed by atoms with Crippen molar-refractivity contribution in [1.82, 2.24) is 39.0 Å². The quantitative estimate of drug-likeness (QED) is 0.333. The summed E-state index contributed by atoms with van der Waals surface area (Å²) < 4.78 is 43.9. The molecule has 0 aliphatic carbocycles. The third-order valence-electron chi connectivity index (χ3n) is 7.67. The van der Waals surface area contributed by atoms with Crippen LogP contribution in [0.5, 0.6) is 0 Å². The topological polar surface area (TPSA) is 146 Å². The summed E-state index contributed by atoms with van der Waals surface area (Å²) in [6.45, 7) is 6.14. The zero-order valence-corrected chi connectivity index (χ0v) is 23.5. The van der Waals surface area contributed by atoms with Crippen molar-refractivity contribution < 1.29 is 28.5 Å². The van der Waals surface area contributed by atoms with Crippen molar-refractivity contribution in [2.45, 2.75) is 76.2 Å². The molecule has 216 valence electrons. The van der Waals surface area contributed by atoms with Crippen LogP contribution < -0.4 is 0 Å². The van der Waals surface area contributed by atoms with Crippen molar-refractivity contribution in [3.63, 3.8) is 0 Å². The Balaban J connectivity index is 0.000000161. The summed E-state index contributed by atoms with van der Waals surface area (Å²) in [4.78, 5) is 24.0. The molecule has 2 N–H and O–H groups in total. The minimum atomic E-state index is -2.10. The lowest BCUT2D eigenvalue weighted by Crippen LogP contribution is -2.40. The van der Waals surface area contributed by atoms with Crippen molar-refractivity contribution in [3.05, 3.63) is 35.6 Å². The van der Waals surface area contributed by atoms with Crippen molar-refractivity contribution in [1.29, 1.82) is 0 Å². The second-order valence-electron chi connectivity index (χ2n) is 10.2. The first-order chi connectivity index (χ1) is 18.9. The third-order valence-corrected chi connectivity index (χ3v) is 8.22. The number of imidazole rings is 2. The lowest BCUT2D eigenvalue weighted by Gasteiger charge is -2.25. The van der Waals surface area contributed by atoms with E-state index in [0.717, 1.165) is 6.42 Å². The summed E-state index contributed by atoms with van der Waals surface area (Å²) in [6, 6.07) is 0.